The number of rotatable bonds is 9. The van der Waals surface area contributed by atoms with Crippen LogP contribution < -0.4 is 10.5 Å². The molecule has 20 heavy (non-hydrogen) atoms. The van der Waals surface area contributed by atoms with Crippen LogP contribution in [-0.2, 0) is 16.0 Å². The van der Waals surface area contributed by atoms with Gasteiger partial charge < -0.3 is 20.3 Å². The minimum atomic E-state index is -1.02. The third kappa shape index (κ3) is 6.02. The van der Waals surface area contributed by atoms with Crippen LogP contribution in [0.15, 0.2) is 18.2 Å². The predicted octanol–water partition coefficient (Wildman–Crippen LogP) is 1.61. The number of halogens is 2. The minimum absolute atomic E-state index is 0.0759. The molecule has 0 fully saturated rings. The van der Waals surface area contributed by atoms with Gasteiger partial charge in [0, 0.05) is 0 Å². The van der Waals surface area contributed by atoms with Gasteiger partial charge in [-0.05, 0) is 46.7 Å². The second kappa shape index (κ2) is 9.09. The molecule has 0 heterocycles. The van der Waals surface area contributed by atoms with Crippen molar-refractivity contribution in [2.45, 2.75) is 12.5 Å². The van der Waals surface area contributed by atoms with Crippen molar-refractivity contribution in [2.75, 3.05) is 26.5 Å². The number of aliphatic carboxylic acids is 1. The molecule has 3 N–H and O–H groups in total. The molecule has 5 nitrogen and oxygen atoms in total. The molecule has 0 aromatic heterocycles. The van der Waals surface area contributed by atoms with Gasteiger partial charge in [0.1, 0.15) is 25.1 Å². The summed E-state index contributed by atoms with van der Waals surface area (Å²) < 4.78 is 23.1. The van der Waals surface area contributed by atoms with Crippen molar-refractivity contribution in [3.8, 4) is 5.75 Å². The van der Waals surface area contributed by atoms with Gasteiger partial charge in [0.25, 0.3) is 0 Å². The number of ether oxygens (including phenoxy) is 2. The highest BCUT2D eigenvalue weighted by molar-refractivity contribution is 14.1. The van der Waals surface area contributed by atoms with Crippen LogP contribution >= 0.6 is 22.6 Å². The third-order valence-corrected chi connectivity index (χ3v) is 3.32. The van der Waals surface area contributed by atoms with Crippen molar-refractivity contribution in [2.24, 2.45) is 5.73 Å². The van der Waals surface area contributed by atoms with E-state index >= 15 is 0 Å². The zero-order valence-electron chi connectivity index (χ0n) is 10.9. The second-order valence-corrected chi connectivity index (χ2v) is 5.23. The molecule has 0 amide bonds. The van der Waals surface area contributed by atoms with Gasteiger partial charge in [-0.15, -0.1) is 0 Å². The van der Waals surface area contributed by atoms with E-state index in [-0.39, 0.29) is 13.0 Å². The van der Waals surface area contributed by atoms with Gasteiger partial charge in [-0.1, -0.05) is 6.07 Å². The Balaban J connectivity index is 2.49. The Morgan fingerprint density at radius 3 is 2.75 bits per heavy atom. The molecule has 0 aliphatic heterocycles. The number of carboxylic acids is 1. The molecule has 0 spiro atoms. The van der Waals surface area contributed by atoms with E-state index in [0.717, 1.165) is 9.13 Å². The number of benzene rings is 1. The lowest BCUT2D eigenvalue weighted by molar-refractivity contribution is -0.138. The highest BCUT2D eigenvalue weighted by Gasteiger charge is 2.13. The lowest BCUT2D eigenvalue weighted by atomic mass is 10.1. The second-order valence-electron chi connectivity index (χ2n) is 4.06. The van der Waals surface area contributed by atoms with Crippen molar-refractivity contribution >= 4 is 28.6 Å². The van der Waals surface area contributed by atoms with Gasteiger partial charge in [0.2, 0.25) is 0 Å². The van der Waals surface area contributed by atoms with Crippen LogP contribution in [0.25, 0.3) is 0 Å². The summed E-state index contributed by atoms with van der Waals surface area (Å²) in [6.45, 7) is 0.234. The maximum atomic E-state index is 11.8. The Labute approximate surface area is 130 Å². The van der Waals surface area contributed by atoms with E-state index in [4.69, 9.17) is 20.3 Å². The Morgan fingerprint density at radius 2 is 2.15 bits per heavy atom. The number of alkyl halides is 1. The Bertz CT molecular complexity index is 444. The van der Waals surface area contributed by atoms with E-state index in [1.807, 2.05) is 6.07 Å². The van der Waals surface area contributed by atoms with Crippen LogP contribution in [0.5, 0.6) is 5.75 Å². The molecule has 0 bridgehead atoms. The van der Waals surface area contributed by atoms with E-state index in [1.54, 1.807) is 12.1 Å². The first-order chi connectivity index (χ1) is 9.54. The molecule has 0 aliphatic rings. The van der Waals surface area contributed by atoms with Gasteiger partial charge in [-0.2, -0.15) is 0 Å². The highest BCUT2D eigenvalue weighted by atomic mass is 127. The van der Waals surface area contributed by atoms with Gasteiger partial charge in [-0.3, -0.25) is 4.79 Å². The van der Waals surface area contributed by atoms with Gasteiger partial charge in [0.05, 0.1) is 16.8 Å². The summed E-state index contributed by atoms with van der Waals surface area (Å²) >= 11 is 2.10. The van der Waals surface area contributed by atoms with Crippen molar-refractivity contribution in [1.29, 1.82) is 0 Å². The summed E-state index contributed by atoms with van der Waals surface area (Å²) in [6, 6.07) is 4.47. The minimum Gasteiger partial charge on any atom is -0.490 e. The van der Waals surface area contributed by atoms with E-state index in [2.05, 4.69) is 22.6 Å². The molecule has 0 saturated carbocycles. The van der Waals surface area contributed by atoms with Gasteiger partial charge in [0.15, 0.2) is 0 Å². The quantitative estimate of drug-likeness (QED) is 0.489. The molecule has 7 heteroatoms. The van der Waals surface area contributed by atoms with E-state index in [0.29, 0.717) is 19.0 Å². The monoisotopic (exact) mass is 397 g/mol. The van der Waals surface area contributed by atoms with Gasteiger partial charge >= 0.3 is 5.97 Å². The lowest BCUT2D eigenvalue weighted by Crippen LogP contribution is -2.32. The van der Waals surface area contributed by atoms with E-state index in [1.165, 1.54) is 0 Å². The maximum Gasteiger partial charge on any atom is 0.320 e. The van der Waals surface area contributed by atoms with Crippen LogP contribution in [0, 0.1) is 3.57 Å². The molecular weight excluding hydrogens is 380 g/mol. The SMILES string of the molecule is NC(Cc1ccc(OCCOCCF)c(I)c1)C(=O)O. The summed E-state index contributed by atoms with van der Waals surface area (Å²) in [5.41, 5.74) is 6.32. The summed E-state index contributed by atoms with van der Waals surface area (Å²) in [7, 11) is 0. The smallest absolute Gasteiger partial charge is 0.320 e. The van der Waals surface area contributed by atoms with Crippen molar-refractivity contribution in [3.63, 3.8) is 0 Å². The first-order valence-electron chi connectivity index (χ1n) is 6.08. The van der Waals surface area contributed by atoms with E-state index < -0.39 is 18.7 Å². The first-order valence-corrected chi connectivity index (χ1v) is 7.15. The fourth-order valence-corrected chi connectivity index (χ4v) is 2.23. The number of hydrogen-bond donors (Lipinski definition) is 2. The zero-order chi connectivity index (χ0) is 15.0. The average molecular weight is 397 g/mol. The molecule has 1 rings (SSSR count). The molecule has 1 unspecified atom stereocenters. The molecule has 1 atom stereocenters. The van der Waals surface area contributed by atoms with Crippen LogP contribution in [0.2, 0.25) is 0 Å². The zero-order valence-corrected chi connectivity index (χ0v) is 13.0. The predicted molar refractivity (Wildman–Crippen MR) is 80.8 cm³/mol. The summed E-state index contributed by atoms with van der Waals surface area (Å²) in [5.74, 6) is -0.340. The fraction of sp³-hybridized carbons (Fsp3) is 0.462. The van der Waals surface area contributed by atoms with E-state index in [9.17, 15) is 9.18 Å². The van der Waals surface area contributed by atoms with Crippen LogP contribution in [-0.4, -0.2) is 43.6 Å². The molecule has 0 aliphatic carbocycles. The molecule has 112 valence electrons. The lowest BCUT2D eigenvalue weighted by Gasteiger charge is -2.11. The van der Waals surface area contributed by atoms with Crippen LogP contribution in [0.3, 0.4) is 0 Å². The molecule has 0 saturated heterocycles. The summed E-state index contributed by atoms with van der Waals surface area (Å²) in [5, 5.41) is 8.76. The number of carboxylic acid groups (broad SMARTS) is 1. The normalized spacial score (nSPS) is 12.2. The summed E-state index contributed by atoms with van der Waals surface area (Å²) in [6.07, 6.45) is 0.269. The third-order valence-electron chi connectivity index (χ3n) is 2.48. The standard InChI is InChI=1S/C13H17FINO4/c14-3-4-19-5-6-20-12-2-1-9(7-10(12)15)8-11(16)13(17)18/h1-2,7,11H,3-6,8,16H2,(H,17,18). The Morgan fingerprint density at radius 1 is 1.40 bits per heavy atom. The molecule has 0 radical (unpaired) electrons. The summed E-state index contributed by atoms with van der Waals surface area (Å²) in [4.78, 5) is 10.7. The topological polar surface area (TPSA) is 81.8 Å². The Hall–Kier alpha value is -0.930. The maximum absolute atomic E-state index is 11.8. The van der Waals surface area contributed by atoms with Gasteiger partial charge in [-0.25, -0.2) is 4.39 Å². The molecular formula is C13H17FINO4. The molecule has 1 aromatic carbocycles. The first kappa shape index (κ1) is 17.1. The Kier molecular flexibility index (Phi) is 7.78. The van der Waals surface area contributed by atoms with Crippen LogP contribution in [0.1, 0.15) is 5.56 Å². The molecule has 1 aromatic rings. The number of nitrogens with two attached hydrogens (primary N) is 1. The van der Waals surface area contributed by atoms with Crippen molar-refractivity contribution in [3.05, 3.63) is 27.3 Å². The largest absolute Gasteiger partial charge is 0.490 e. The fourth-order valence-electron chi connectivity index (χ4n) is 1.50. The van der Waals surface area contributed by atoms with Crippen molar-refractivity contribution in [1.82, 2.24) is 0 Å². The average Bonchev–Trinajstić information content (AvgIpc) is 2.40. The van der Waals surface area contributed by atoms with Crippen LogP contribution in [0.4, 0.5) is 4.39 Å². The number of hydrogen-bond acceptors (Lipinski definition) is 4. The number of carbonyl (C=O) groups is 1. The van der Waals surface area contributed by atoms with Crippen molar-refractivity contribution < 1.29 is 23.8 Å². The highest BCUT2D eigenvalue weighted by Crippen LogP contribution is 2.22.